The highest BCUT2D eigenvalue weighted by Crippen LogP contribution is 2.38. The lowest BCUT2D eigenvalue weighted by Crippen LogP contribution is -2.46. The minimum atomic E-state index is 0.00257. The number of nitriles is 1. The van der Waals surface area contributed by atoms with E-state index < -0.39 is 0 Å². The molecule has 1 aliphatic carbocycles. The molecule has 2 aromatic rings. The first-order valence-electron chi connectivity index (χ1n) is 10.2. The molecule has 0 atom stereocenters. The van der Waals surface area contributed by atoms with E-state index in [4.69, 9.17) is 11.6 Å². The molecule has 29 heavy (non-hydrogen) atoms. The quantitative estimate of drug-likeness (QED) is 0.757. The summed E-state index contributed by atoms with van der Waals surface area (Å²) in [7, 11) is 0. The Balaban J connectivity index is 1.22. The molecule has 4 rings (SSSR count). The Morgan fingerprint density at radius 2 is 2.00 bits per heavy atom. The van der Waals surface area contributed by atoms with Crippen molar-refractivity contribution in [2.75, 3.05) is 38.0 Å². The average Bonchev–Trinajstić information content (AvgIpc) is 3.28. The van der Waals surface area contributed by atoms with E-state index in [9.17, 15) is 10.1 Å². The van der Waals surface area contributed by atoms with Crippen LogP contribution in [0, 0.1) is 11.3 Å². The second-order valence-corrected chi connectivity index (χ2v) is 9.26. The number of nitrogens with one attached hydrogen (secondary N) is 1. The van der Waals surface area contributed by atoms with Gasteiger partial charge >= 0.3 is 0 Å². The molecule has 0 bridgehead atoms. The molecule has 0 radical (unpaired) electrons. The molecule has 7 heteroatoms. The van der Waals surface area contributed by atoms with Crippen LogP contribution in [0.2, 0.25) is 5.02 Å². The summed E-state index contributed by atoms with van der Waals surface area (Å²) in [5, 5.41) is 14.0. The number of hydrogen-bond donors (Lipinski definition) is 1. The summed E-state index contributed by atoms with van der Waals surface area (Å²) >= 11 is 7.65. The number of benzene rings is 1. The predicted octanol–water partition coefficient (Wildman–Crippen LogP) is 3.91. The van der Waals surface area contributed by atoms with Crippen LogP contribution in [-0.4, -0.2) is 48.4 Å². The van der Waals surface area contributed by atoms with Gasteiger partial charge in [0.1, 0.15) is 11.1 Å². The summed E-state index contributed by atoms with van der Waals surface area (Å²) in [6.07, 6.45) is 3.57. The molecular formula is C22H25ClN4OS. The highest BCUT2D eigenvalue weighted by atomic mass is 35.5. The zero-order chi connectivity index (χ0) is 20.2. The number of fused-ring (bicyclic) bond motifs is 1. The number of halogens is 1. The Labute approximate surface area is 180 Å². The van der Waals surface area contributed by atoms with Crippen molar-refractivity contribution in [3.8, 4) is 6.07 Å². The van der Waals surface area contributed by atoms with Crippen LogP contribution in [0.25, 0.3) is 0 Å². The molecule has 1 fully saturated rings. The van der Waals surface area contributed by atoms with Crippen molar-refractivity contribution in [3.63, 3.8) is 0 Å². The number of hydrogen-bond acceptors (Lipinski definition) is 5. The maximum absolute atomic E-state index is 12.4. The van der Waals surface area contributed by atoms with E-state index in [2.05, 4.69) is 27.3 Å². The molecule has 5 nitrogen and oxygen atoms in total. The van der Waals surface area contributed by atoms with Gasteiger partial charge in [0.15, 0.2) is 0 Å². The van der Waals surface area contributed by atoms with Crippen LogP contribution in [0.1, 0.15) is 34.4 Å². The Hall–Kier alpha value is -1.91. The van der Waals surface area contributed by atoms with Crippen LogP contribution in [0.4, 0.5) is 5.00 Å². The minimum absolute atomic E-state index is 0.00257. The predicted molar refractivity (Wildman–Crippen MR) is 117 cm³/mol. The van der Waals surface area contributed by atoms with Crippen molar-refractivity contribution in [1.29, 1.82) is 5.26 Å². The van der Waals surface area contributed by atoms with Gasteiger partial charge in [-0.1, -0.05) is 23.7 Å². The molecule has 2 aliphatic rings. The molecule has 1 saturated heterocycles. The number of amides is 1. The SMILES string of the molecule is N#Cc1c(NC(=O)CCN2CCN(Cc3cccc(Cl)c3)CC2)sc2c1CCC2. The highest BCUT2D eigenvalue weighted by Gasteiger charge is 2.23. The zero-order valence-electron chi connectivity index (χ0n) is 16.4. The third kappa shape index (κ3) is 4.99. The summed E-state index contributed by atoms with van der Waals surface area (Å²) in [5.41, 5.74) is 3.08. The van der Waals surface area contributed by atoms with Crippen molar-refractivity contribution < 1.29 is 4.79 Å². The smallest absolute Gasteiger partial charge is 0.226 e. The largest absolute Gasteiger partial charge is 0.317 e. The second kappa shape index (κ2) is 9.27. The number of carbonyl (C=O) groups is 1. The van der Waals surface area contributed by atoms with Gasteiger partial charge in [-0.15, -0.1) is 11.3 Å². The standard InChI is InChI=1S/C22H25ClN4OS/c23-17-4-1-3-16(13-17)15-27-11-9-26(10-12-27)8-7-21(28)25-22-19(14-24)18-5-2-6-20(18)29-22/h1,3-4,13H,2,5-12,15H2,(H,25,28). The van der Waals surface area contributed by atoms with Crippen molar-refractivity contribution in [2.45, 2.75) is 32.2 Å². The van der Waals surface area contributed by atoms with Gasteiger partial charge in [-0.3, -0.25) is 9.69 Å². The first-order valence-corrected chi connectivity index (χ1v) is 11.4. The summed E-state index contributed by atoms with van der Waals surface area (Å²) in [4.78, 5) is 18.5. The van der Waals surface area contributed by atoms with Gasteiger partial charge in [0.2, 0.25) is 5.91 Å². The van der Waals surface area contributed by atoms with E-state index >= 15 is 0 Å². The summed E-state index contributed by atoms with van der Waals surface area (Å²) in [5.74, 6) is 0.00257. The van der Waals surface area contributed by atoms with Gasteiger partial charge in [0.05, 0.1) is 5.56 Å². The second-order valence-electron chi connectivity index (χ2n) is 7.72. The van der Waals surface area contributed by atoms with Crippen molar-refractivity contribution >= 4 is 33.8 Å². The first kappa shape index (κ1) is 20.4. The van der Waals surface area contributed by atoms with Gasteiger partial charge in [0.25, 0.3) is 0 Å². The van der Waals surface area contributed by atoms with Crippen LogP contribution in [-0.2, 0) is 24.2 Å². The number of aryl methyl sites for hydroxylation is 1. The molecule has 1 N–H and O–H groups in total. The summed E-state index contributed by atoms with van der Waals surface area (Å²) < 4.78 is 0. The lowest BCUT2D eigenvalue weighted by molar-refractivity contribution is -0.116. The van der Waals surface area contributed by atoms with Gasteiger partial charge in [-0.2, -0.15) is 5.26 Å². The number of thiophene rings is 1. The van der Waals surface area contributed by atoms with Crippen molar-refractivity contribution in [2.24, 2.45) is 0 Å². The molecule has 1 amide bonds. The molecule has 0 spiro atoms. The van der Waals surface area contributed by atoms with Gasteiger partial charge in [-0.25, -0.2) is 0 Å². The number of carbonyl (C=O) groups excluding carboxylic acids is 1. The van der Waals surface area contributed by atoms with Crippen LogP contribution in [0.15, 0.2) is 24.3 Å². The number of piperazine rings is 1. The maximum atomic E-state index is 12.4. The summed E-state index contributed by atoms with van der Waals surface area (Å²) in [6.45, 7) is 5.57. The van der Waals surface area contributed by atoms with E-state index in [1.807, 2.05) is 18.2 Å². The number of rotatable bonds is 6. The van der Waals surface area contributed by atoms with Crippen LogP contribution in [0.3, 0.4) is 0 Å². The molecule has 152 valence electrons. The van der Waals surface area contributed by atoms with Crippen molar-refractivity contribution in [1.82, 2.24) is 9.80 Å². The Kier molecular flexibility index (Phi) is 6.51. The fourth-order valence-corrected chi connectivity index (χ4v) is 5.59. The monoisotopic (exact) mass is 428 g/mol. The van der Waals surface area contributed by atoms with Gasteiger partial charge in [-0.05, 0) is 42.5 Å². The van der Waals surface area contributed by atoms with Crippen LogP contribution in [0.5, 0.6) is 0 Å². The highest BCUT2D eigenvalue weighted by molar-refractivity contribution is 7.16. The fourth-order valence-electron chi connectivity index (χ4n) is 4.12. The lowest BCUT2D eigenvalue weighted by Gasteiger charge is -2.34. The first-order chi connectivity index (χ1) is 14.1. The molecule has 2 heterocycles. The average molecular weight is 429 g/mol. The number of anilines is 1. The topological polar surface area (TPSA) is 59.4 Å². The Bertz CT molecular complexity index is 927. The van der Waals surface area contributed by atoms with E-state index in [1.165, 1.54) is 10.4 Å². The normalized spacial score (nSPS) is 17.1. The molecule has 1 aromatic carbocycles. The van der Waals surface area contributed by atoms with Crippen LogP contribution >= 0.6 is 22.9 Å². The molecule has 0 unspecified atom stereocenters. The lowest BCUT2D eigenvalue weighted by atomic mass is 10.1. The molecule has 0 saturated carbocycles. The maximum Gasteiger partial charge on any atom is 0.226 e. The minimum Gasteiger partial charge on any atom is -0.317 e. The summed E-state index contributed by atoms with van der Waals surface area (Å²) in [6, 6.07) is 10.3. The van der Waals surface area contributed by atoms with Crippen molar-refractivity contribution in [3.05, 3.63) is 50.9 Å². The van der Waals surface area contributed by atoms with Gasteiger partial charge in [0, 0.05) is 55.6 Å². The Morgan fingerprint density at radius 3 is 2.76 bits per heavy atom. The zero-order valence-corrected chi connectivity index (χ0v) is 18.0. The van der Waals surface area contributed by atoms with E-state index in [1.54, 1.807) is 11.3 Å². The van der Waals surface area contributed by atoms with Gasteiger partial charge < -0.3 is 10.2 Å². The molecular weight excluding hydrogens is 404 g/mol. The third-order valence-electron chi connectivity index (χ3n) is 5.70. The number of nitrogens with zero attached hydrogens (tertiary/aromatic N) is 3. The fraction of sp³-hybridized carbons (Fsp3) is 0.455. The third-order valence-corrected chi connectivity index (χ3v) is 7.14. The van der Waals surface area contributed by atoms with E-state index in [-0.39, 0.29) is 5.91 Å². The van der Waals surface area contributed by atoms with Crippen LogP contribution < -0.4 is 5.32 Å². The molecule has 1 aromatic heterocycles. The van der Waals surface area contributed by atoms with E-state index in [0.717, 1.165) is 74.1 Å². The molecule has 1 aliphatic heterocycles. The Morgan fingerprint density at radius 1 is 1.21 bits per heavy atom. The van der Waals surface area contributed by atoms with E-state index in [0.29, 0.717) is 12.0 Å².